The van der Waals surface area contributed by atoms with Crippen molar-refractivity contribution >= 4 is 44.9 Å². The Morgan fingerprint density at radius 3 is 2.80 bits per heavy atom. The smallest absolute Gasteiger partial charge is 0.297 e. The van der Waals surface area contributed by atoms with Crippen molar-refractivity contribution < 1.29 is 13.9 Å². The first kappa shape index (κ1) is 18.8. The summed E-state index contributed by atoms with van der Waals surface area (Å²) in [7, 11) is 1.57. The second-order valence-electron chi connectivity index (χ2n) is 6.94. The van der Waals surface area contributed by atoms with E-state index in [0.717, 1.165) is 11.1 Å². The predicted octanol–water partition coefficient (Wildman–Crippen LogP) is 4.97. The number of rotatable bonds is 3. The van der Waals surface area contributed by atoms with Gasteiger partial charge in [0.05, 0.1) is 24.1 Å². The average molecular weight is 439 g/mol. The summed E-state index contributed by atoms with van der Waals surface area (Å²) in [5.41, 5.74) is 1.81. The quantitative estimate of drug-likeness (QED) is 0.451. The first-order valence-electron chi connectivity index (χ1n) is 9.13. The van der Waals surface area contributed by atoms with Crippen molar-refractivity contribution in [1.29, 1.82) is 0 Å². The standard InChI is InChI=1S/C22H15ClN2O4S/c1-11-8-16-14(10-15(11)23)19(26)17-18(12-4-3-5-13(9-12)28-2)25(21(27)20(17)29-16)22-24-6-7-30-22/h3-10,18H,1-2H3/t18-/m1/s1. The van der Waals surface area contributed by atoms with E-state index in [0.29, 0.717) is 26.9 Å². The molecule has 6 nitrogen and oxygen atoms in total. The number of aromatic nitrogens is 1. The van der Waals surface area contributed by atoms with Crippen molar-refractivity contribution in [2.75, 3.05) is 12.0 Å². The van der Waals surface area contributed by atoms with Crippen molar-refractivity contribution in [3.63, 3.8) is 0 Å². The van der Waals surface area contributed by atoms with Crippen LogP contribution in [0, 0.1) is 6.92 Å². The number of carbonyl (C=O) groups is 1. The third-order valence-corrected chi connectivity index (χ3v) is 6.36. The number of methoxy groups -OCH3 is 1. The number of anilines is 1. The maximum Gasteiger partial charge on any atom is 0.297 e. The minimum absolute atomic E-state index is 0.0252. The third-order valence-electron chi connectivity index (χ3n) is 5.19. The summed E-state index contributed by atoms with van der Waals surface area (Å²) in [6.07, 6.45) is 1.62. The van der Waals surface area contributed by atoms with Gasteiger partial charge in [0.1, 0.15) is 11.3 Å². The molecular formula is C22H15ClN2O4S. The second-order valence-corrected chi connectivity index (χ2v) is 8.22. The third kappa shape index (κ3) is 2.74. The van der Waals surface area contributed by atoms with Crippen LogP contribution in [0.4, 0.5) is 5.13 Å². The summed E-state index contributed by atoms with van der Waals surface area (Å²) in [5.74, 6) is 0.243. The number of nitrogens with zero attached hydrogens (tertiary/aromatic N) is 2. The SMILES string of the molecule is COc1cccc([C@@H]2c3c(oc4cc(C)c(Cl)cc4c3=O)C(=O)N2c2nccs2)c1. The molecule has 0 spiro atoms. The van der Waals surface area contributed by atoms with E-state index in [4.69, 9.17) is 20.8 Å². The van der Waals surface area contributed by atoms with E-state index in [9.17, 15) is 9.59 Å². The average Bonchev–Trinajstić information content (AvgIpc) is 3.36. The fraction of sp³-hybridized carbons (Fsp3) is 0.136. The molecule has 30 heavy (non-hydrogen) atoms. The summed E-state index contributed by atoms with van der Waals surface area (Å²) in [6, 6.07) is 9.87. The molecule has 0 N–H and O–H groups in total. The minimum atomic E-state index is -0.686. The van der Waals surface area contributed by atoms with E-state index < -0.39 is 11.9 Å². The Balaban J connectivity index is 1.84. The van der Waals surface area contributed by atoms with Gasteiger partial charge in [0.25, 0.3) is 5.91 Å². The van der Waals surface area contributed by atoms with Gasteiger partial charge >= 0.3 is 0 Å². The molecule has 2 aromatic heterocycles. The largest absolute Gasteiger partial charge is 0.497 e. The lowest BCUT2D eigenvalue weighted by Crippen LogP contribution is -2.29. The molecule has 0 radical (unpaired) electrons. The summed E-state index contributed by atoms with van der Waals surface area (Å²) >= 11 is 7.58. The number of thiazole rings is 1. The van der Waals surface area contributed by atoms with Crippen LogP contribution in [-0.2, 0) is 0 Å². The number of ether oxygens (including phenoxy) is 1. The molecule has 4 aromatic rings. The van der Waals surface area contributed by atoms with Gasteiger partial charge in [-0.25, -0.2) is 4.98 Å². The van der Waals surface area contributed by atoms with Crippen LogP contribution in [-0.4, -0.2) is 18.0 Å². The Morgan fingerprint density at radius 2 is 2.07 bits per heavy atom. The molecule has 5 rings (SSSR count). The van der Waals surface area contributed by atoms with Gasteiger partial charge in [-0.05, 0) is 42.3 Å². The Bertz CT molecular complexity index is 1360. The van der Waals surface area contributed by atoms with Crippen LogP contribution in [0.25, 0.3) is 11.0 Å². The molecule has 0 bridgehead atoms. The highest BCUT2D eigenvalue weighted by Gasteiger charge is 2.44. The predicted molar refractivity (Wildman–Crippen MR) is 116 cm³/mol. The van der Waals surface area contributed by atoms with Gasteiger partial charge in [-0.2, -0.15) is 0 Å². The summed E-state index contributed by atoms with van der Waals surface area (Å²) in [5, 5.41) is 3.07. The van der Waals surface area contributed by atoms with Crippen LogP contribution in [0.1, 0.15) is 33.3 Å². The zero-order chi connectivity index (χ0) is 21.0. The maximum atomic E-state index is 13.5. The zero-order valence-electron chi connectivity index (χ0n) is 16.0. The van der Waals surface area contributed by atoms with Crippen LogP contribution in [0.5, 0.6) is 5.75 Å². The highest BCUT2D eigenvalue weighted by Crippen LogP contribution is 2.42. The fourth-order valence-corrected chi connectivity index (χ4v) is 4.58. The van der Waals surface area contributed by atoms with Crippen LogP contribution in [0.2, 0.25) is 5.02 Å². The molecule has 0 fully saturated rings. The van der Waals surface area contributed by atoms with Gasteiger partial charge in [0, 0.05) is 16.6 Å². The van der Waals surface area contributed by atoms with E-state index in [1.54, 1.807) is 43.0 Å². The van der Waals surface area contributed by atoms with Crippen LogP contribution < -0.4 is 15.1 Å². The first-order chi connectivity index (χ1) is 14.5. The Hall–Kier alpha value is -3.16. The van der Waals surface area contributed by atoms with Crippen LogP contribution >= 0.6 is 22.9 Å². The molecule has 1 atom stereocenters. The Morgan fingerprint density at radius 1 is 1.23 bits per heavy atom. The number of carbonyl (C=O) groups excluding carboxylic acids is 1. The maximum absolute atomic E-state index is 13.5. The number of hydrogen-bond donors (Lipinski definition) is 0. The van der Waals surface area contributed by atoms with Gasteiger partial charge in [0.2, 0.25) is 5.76 Å². The van der Waals surface area contributed by atoms with E-state index in [2.05, 4.69) is 4.98 Å². The van der Waals surface area contributed by atoms with Crippen molar-refractivity contribution in [3.8, 4) is 5.75 Å². The van der Waals surface area contributed by atoms with E-state index in [1.165, 1.54) is 16.2 Å². The van der Waals surface area contributed by atoms with Gasteiger partial charge in [-0.15, -0.1) is 11.3 Å². The molecule has 0 saturated carbocycles. The van der Waals surface area contributed by atoms with E-state index >= 15 is 0 Å². The lowest BCUT2D eigenvalue weighted by Gasteiger charge is -2.22. The van der Waals surface area contributed by atoms with Gasteiger partial charge in [0.15, 0.2) is 10.6 Å². The normalized spacial score (nSPS) is 15.6. The summed E-state index contributed by atoms with van der Waals surface area (Å²) < 4.78 is 11.3. The Kier molecular flexibility index (Phi) is 4.38. The van der Waals surface area contributed by atoms with Crippen LogP contribution in [0.15, 0.2) is 57.2 Å². The molecule has 0 saturated heterocycles. The van der Waals surface area contributed by atoms with Gasteiger partial charge in [-0.1, -0.05) is 23.7 Å². The van der Waals surface area contributed by atoms with E-state index in [-0.39, 0.29) is 16.8 Å². The van der Waals surface area contributed by atoms with Gasteiger partial charge < -0.3 is 9.15 Å². The number of aryl methyl sites for hydroxylation is 1. The Labute approximate surface area is 180 Å². The first-order valence-corrected chi connectivity index (χ1v) is 10.4. The lowest BCUT2D eigenvalue weighted by molar-refractivity contribution is 0.0971. The molecule has 1 aliphatic heterocycles. The lowest BCUT2D eigenvalue weighted by atomic mass is 9.98. The molecule has 3 heterocycles. The van der Waals surface area contributed by atoms with Gasteiger partial charge in [-0.3, -0.25) is 14.5 Å². The highest BCUT2D eigenvalue weighted by molar-refractivity contribution is 7.13. The summed E-state index contributed by atoms with van der Waals surface area (Å²) in [4.78, 5) is 32.7. The van der Waals surface area contributed by atoms with Crippen LogP contribution in [0.3, 0.4) is 0 Å². The number of amides is 1. The molecular weight excluding hydrogens is 424 g/mol. The topological polar surface area (TPSA) is 72.6 Å². The summed E-state index contributed by atoms with van der Waals surface area (Å²) in [6.45, 7) is 1.82. The van der Waals surface area contributed by atoms with Crippen molar-refractivity contribution in [2.45, 2.75) is 13.0 Å². The van der Waals surface area contributed by atoms with E-state index in [1.807, 2.05) is 19.1 Å². The number of fused-ring (bicyclic) bond motifs is 2. The molecule has 2 aromatic carbocycles. The van der Waals surface area contributed by atoms with Crippen molar-refractivity contribution in [1.82, 2.24) is 4.98 Å². The molecule has 1 aliphatic rings. The number of benzene rings is 2. The molecule has 0 unspecified atom stereocenters. The highest BCUT2D eigenvalue weighted by atomic mass is 35.5. The molecule has 150 valence electrons. The molecule has 8 heteroatoms. The van der Waals surface area contributed by atoms with Crippen molar-refractivity contribution in [3.05, 3.63) is 85.7 Å². The molecule has 0 aliphatic carbocycles. The molecule has 1 amide bonds. The number of hydrogen-bond acceptors (Lipinski definition) is 6. The zero-order valence-corrected chi connectivity index (χ0v) is 17.6. The monoisotopic (exact) mass is 438 g/mol. The van der Waals surface area contributed by atoms with Crippen molar-refractivity contribution in [2.24, 2.45) is 0 Å². The second kappa shape index (κ2) is 6.97. The number of halogens is 1. The minimum Gasteiger partial charge on any atom is -0.497 e. The fourth-order valence-electron chi connectivity index (χ4n) is 3.75.